The van der Waals surface area contributed by atoms with Gasteiger partial charge in [0.05, 0.1) is 5.69 Å². The molecule has 2 nitrogen and oxygen atoms in total. The van der Waals surface area contributed by atoms with Gasteiger partial charge in [-0.3, -0.25) is 4.79 Å². The molecule has 1 amide bonds. The highest BCUT2D eigenvalue weighted by Crippen LogP contribution is 2.43. The van der Waals surface area contributed by atoms with E-state index in [4.69, 9.17) is 0 Å². The number of aryl methyl sites for hydroxylation is 1. The maximum Gasteiger partial charge on any atom is 0.277 e. The zero-order valence-corrected chi connectivity index (χ0v) is 13.5. The Hall–Kier alpha value is -1.75. The molecule has 2 aromatic rings. The standard InChI is InChI=1S/C17H14BrF2NO/c1-11-3-2-4-12(9-11)16(22)21-8-7-17(19,20)14-10-13(18)5-6-15(14)21/h2-6,9-10H,7-8H2,1H3. The monoisotopic (exact) mass is 365 g/mol. The van der Waals surface area contributed by atoms with Gasteiger partial charge in [0, 0.05) is 28.6 Å². The summed E-state index contributed by atoms with van der Waals surface area (Å²) in [7, 11) is 0. The average Bonchev–Trinajstić information content (AvgIpc) is 2.47. The lowest BCUT2D eigenvalue weighted by Crippen LogP contribution is -2.40. The fourth-order valence-corrected chi connectivity index (χ4v) is 3.05. The van der Waals surface area contributed by atoms with Crippen LogP contribution in [0, 0.1) is 6.92 Å². The van der Waals surface area contributed by atoms with Crippen molar-refractivity contribution < 1.29 is 13.6 Å². The number of alkyl halides is 2. The number of rotatable bonds is 1. The van der Waals surface area contributed by atoms with Crippen molar-refractivity contribution in [2.45, 2.75) is 19.3 Å². The van der Waals surface area contributed by atoms with Crippen molar-refractivity contribution in [3.05, 3.63) is 63.6 Å². The molecular weight excluding hydrogens is 352 g/mol. The highest BCUT2D eigenvalue weighted by atomic mass is 79.9. The number of nitrogens with zero attached hydrogens (tertiary/aromatic N) is 1. The third kappa shape index (κ3) is 2.65. The van der Waals surface area contributed by atoms with Gasteiger partial charge in [-0.25, -0.2) is 8.78 Å². The van der Waals surface area contributed by atoms with E-state index in [9.17, 15) is 13.6 Å². The van der Waals surface area contributed by atoms with E-state index in [0.29, 0.717) is 10.0 Å². The van der Waals surface area contributed by atoms with Crippen molar-refractivity contribution >= 4 is 27.5 Å². The highest BCUT2D eigenvalue weighted by molar-refractivity contribution is 9.10. The molecule has 0 fully saturated rings. The maximum absolute atomic E-state index is 14.1. The zero-order chi connectivity index (χ0) is 15.9. The van der Waals surface area contributed by atoms with Crippen molar-refractivity contribution in [2.75, 3.05) is 11.4 Å². The summed E-state index contributed by atoms with van der Waals surface area (Å²) in [6.45, 7) is 1.90. The second-order valence-corrected chi connectivity index (χ2v) is 6.36. The van der Waals surface area contributed by atoms with Crippen LogP contribution in [0.1, 0.15) is 27.9 Å². The largest absolute Gasteiger partial charge is 0.308 e. The zero-order valence-electron chi connectivity index (χ0n) is 11.9. The summed E-state index contributed by atoms with van der Waals surface area (Å²) in [6, 6.07) is 11.8. The summed E-state index contributed by atoms with van der Waals surface area (Å²) < 4.78 is 28.8. The predicted molar refractivity (Wildman–Crippen MR) is 85.5 cm³/mol. The number of benzene rings is 2. The number of hydrogen-bond acceptors (Lipinski definition) is 1. The molecule has 0 radical (unpaired) electrons. The number of anilines is 1. The second-order valence-electron chi connectivity index (χ2n) is 5.44. The Kier molecular flexibility index (Phi) is 3.77. The van der Waals surface area contributed by atoms with E-state index in [1.807, 2.05) is 13.0 Å². The van der Waals surface area contributed by atoms with Crippen molar-refractivity contribution in [1.29, 1.82) is 0 Å². The third-order valence-electron chi connectivity index (χ3n) is 3.80. The van der Waals surface area contributed by atoms with Crippen LogP contribution in [0.3, 0.4) is 0 Å². The first-order chi connectivity index (χ1) is 10.4. The minimum absolute atomic E-state index is 0.00834. The van der Waals surface area contributed by atoms with Crippen LogP contribution in [0.25, 0.3) is 0 Å². The van der Waals surface area contributed by atoms with E-state index >= 15 is 0 Å². The lowest BCUT2D eigenvalue weighted by atomic mass is 9.97. The molecule has 0 spiro atoms. The van der Waals surface area contributed by atoms with Gasteiger partial charge in [-0.15, -0.1) is 0 Å². The van der Waals surface area contributed by atoms with Crippen LogP contribution in [0.4, 0.5) is 14.5 Å². The van der Waals surface area contributed by atoms with Gasteiger partial charge in [-0.1, -0.05) is 33.6 Å². The Morgan fingerprint density at radius 1 is 1.23 bits per heavy atom. The van der Waals surface area contributed by atoms with Gasteiger partial charge in [-0.05, 0) is 37.3 Å². The molecule has 0 atom stereocenters. The van der Waals surface area contributed by atoms with Gasteiger partial charge >= 0.3 is 0 Å². The molecule has 0 N–H and O–H groups in total. The number of carbonyl (C=O) groups excluding carboxylic acids is 1. The summed E-state index contributed by atoms with van der Waals surface area (Å²) in [5.74, 6) is -3.16. The van der Waals surface area contributed by atoms with E-state index in [1.54, 1.807) is 30.3 Å². The lowest BCUT2D eigenvalue weighted by molar-refractivity contribution is -0.0147. The molecule has 0 aromatic heterocycles. The topological polar surface area (TPSA) is 20.3 Å². The summed E-state index contributed by atoms with van der Waals surface area (Å²) in [5.41, 5.74) is 1.66. The molecule has 5 heteroatoms. The molecule has 0 bridgehead atoms. The first-order valence-corrected chi connectivity index (χ1v) is 7.74. The lowest BCUT2D eigenvalue weighted by Gasteiger charge is -2.34. The quantitative estimate of drug-likeness (QED) is 0.703. The van der Waals surface area contributed by atoms with E-state index < -0.39 is 5.92 Å². The summed E-state index contributed by atoms with van der Waals surface area (Å²) >= 11 is 3.22. The normalized spacial score (nSPS) is 16.3. The number of fused-ring (bicyclic) bond motifs is 1. The number of hydrogen-bond donors (Lipinski definition) is 0. The maximum atomic E-state index is 14.1. The summed E-state index contributed by atoms with van der Waals surface area (Å²) in [4.78, 5) is 14.1. The molecule has 114 valence electrons. The first-order valence-electron chi connectivity index (χ1n) is 6.95. The van der Waals surface area contributed by atoms with E-state index in [0.717, 1.165) is 5.56 Å². The Bertz CT molecular complexity index is 745. The van der Waals surface area contributed by atoms with Crippen molar-refractivity contribution in [2.24, 2.45) is 0 Å². The Labute approximate surface area is 135 Å². The Morgan fingerprint density at radius 3 is 2.73 bits per heavy atom. The summed E-state index contributed by atoms with van der Waals surface area (Å²) in [6.07, 6.45) is -0.367. The molecule has 0 unspecified atom stereocenters. The molecule has 0 saturated heterocycles. The smallest absolute Gasteiger partial charge is 0.277 e. The van der Waals surface area contributed by atoms with Crippen LogP contribution in [0.15, 0.2) is 46.9 Å². The van der Waals surface area contributed by atoms with Crippen LogP contribution in [0.5, 0.6) is 0 Å². The number of amides is 1. The average molecular weight is 366 g/mol. The van der Waals surface area contributed by atoms with Crippen LogP contribution < -0.4 is 4.90 Å². The molecule has 0 aliphatic carbocycles. The van der Waals surface area contributed by atoms with Crippen molar-refractivity contribution in [1.82, 2.24) is 0 Å². The molecular formula is C17H14BrF2NO. The Morgan fingerprint density at radius 2 is 2.00 bits per heavy atom. The van der Waals surface area contributed by atoms with Gasteiger partial charge in [0.25, 0.3) is 11.8 Å². The molecule has 3 rings (SSSR count). The number of halogens is 3. The van der Waals surface area contributed by atoms with Gasteiger partial charge in [-0.2, -0.15) is 0 Å². The molecule has 1 aliphatic heterocycles. The van der Waals surface area contributed by atoms with E-state index in [-0.39, 0.29) is 30.1 Å². The molecule has 2 aromatic carbocycles. The molecule has 1 aliphatic rings. The van der Waals surface area contributed by atoms with Crippen LogP contribution >= 0.6 is 15.9 Å². The minimum atomic E-state index is -2.91. The highest BCUT2D eigenvalue weighted by Gasteiger charge is 2.41. The van der Waals surface area contributed by atoms with Crippen molar-refractivity contribution in [3.63, 3.8) is 0 Å². The van der Waals surface area contributed by atoms with Gasteiger partial charge in [0.1, 0.15) is 0 Å². The minimum Gasteiger partial charge on any atom is -0.308 e. The van der Waals surface area contributed by atoms with Gasteiger partial charge in [0.2, 0.25) is 0 Å². The fourth-order valence-electron chi connectivity index (χ4n) is 2.69. The van der Waals surface area contributed by atoms with Crippen LogP contribution in [0.2, 0.25) is 0 Å². The van der Waals surface area contributed by atoms with Gasteiger partial charge in [0.15, 0.2) is 0 Å². The van der Waals surface area contributed by atoms with Gasteiger partial charge < -0.3 is 4.90 Å². The molecule has 22 heavy (non-hydrogen) atoms. The SMILES string of the molecule is Cc1cccc(C(=O)N2CCC(F)(F)c3cc(Br)ccc32)c1. The Balaban J connectivity index is 2.05. The first kappa shape index (κ1) is 15.2. The van der Waals surface area contributed by atoms with E-state index in [2.05, 4.69) is 15.9 Å². The predicted octanol–water partition coefficient (Wildman–Crippen LogP) is 4.90. The van der Waals surface area contributed by atoms with Crippen LogP contribution in [-0.4, -0.2) is 12.5 Å². The summed E-state index contributed by atoms with van der Waals surface area (Å²) in [5, 5.41) is 0. The van der Waals surface area contributed by atoms with Crippen LogP contribution in [-0.2, 0) is 5.92 Å². The van der Waals surface area contributed by atoms with Crippen molar-refractivity contribution in [3.8, 4) is 0 Å². The third-order valence-corrected chi connectivity index (χ3v) is 4.30. The molecule has 1 heterocycles. The van der Waals surface area contributed by atoms with E-state index in [1.165, 1.54) is 11.0 Å². The fraction of sp³-hybridized carbons (Fsp3) is 0.235. The molecule has 0 saturated carbocycles. The number of carbonyl (C=O) groups is 1. The second kappa shape index (κ2) is 5.47.